The summed E-state index contributed by atoms with van der Waals surface area (Å²) in [6.07, 6.45) is 1.49. The molecule has 24 heavy (non-hydrogen) atoms. The number of nitrogens with one attached hydrogen (secondary N) is 2. The van der Waals surface area contributed by atoms with E-state index in [9.17, 15) is 9.59 Å². The minimum Gasteiger partial charge on any atom is -0.379 e. The molecule has 7 nitrogen and oxygen atoms in total. The Morgan fingerprint density at radius 1 is 1.25 bits per heavy atom. The number of ether oxygens (including phenoxy) is 1. The van der Waals surface area contributed by atoms with E-state index in [0.29, 0.717) is 24.6 Å². The van der Waals surface area contributed by atoms with E-state index in [2.05, 4.69) is 20.5 Å². The van der Waals surface area contributed by atoms with Crippen molar-refractivity contribution in [2.45, 2.75) is 13.8 Å². The van der Waals surface area contributed by atoms with Crippen LogP contribution in [0, 0.1) is 5.92 Å². The van der Waals surface area contributed by atoms with Gasteiger partial charge in [-0.1, -0.05) is 13.8 Å². The molecule has 0 unspecified atom stereocenters. The van der Waals surface area contributed by atoms with Crippen molar-refractivity contribution in [1.29, 1.82) is 0 Å². The maximum atomic E-state index is 12.2. The Kier molecular flexibility index (Phi) is 7.14. The van der Waals surface area contributed by atoms with Gasteiger partial charge in [0.1, 0.15) is 5.69 Å². The molecule has 0 radical (unpaired) electrons. The van der Waals surface area contributed by atoms with E-state index in [0.717, 1.165) is 32.8 Å². The fourth-order valence-corrected chi connectivity index (χ4v) is 2.34. The highest BCUT2D eigenvalue weighted by Crippen LogP contribution is 2.03. The van der Waals surface area contributed by atoms with Crippen LogP contribution in [-0.4, -0.2) is 67.6 Å². The molecule has 0 saturated carbocycles. The summed E-state index contributed by atoms with van der Waals surface area (Å²) in [7, 11) is 0. The largest absolute Gasteiger partial charge is 0.379 e. The van der Waals surface area contributed by atoms with Crippen molar-refractivity contribution in [3.63, 3.8) is 0 Å². The Morgan fingerprint density at radius 2 is 2.00 bits per heavy atom. The average Bonchev–Trinajstić information content (AvgIpc) is 2.60. The van der Waals surface area contributed by atoms with Crippen molar-refractivity contribution in [3.8, 4) is 0 Å². The normalized spacial score (nSPS) is 15.3. The van der Waals surface area contributed by atoms with Crippen molar-refractivity contribution in [3.05, 3.63) is 29.6 Å². The molecule has 0 aromatic carbocycles. The minimum atomic E-state index is -0.258. The second-order valence-corrected chi connectivity index (χ2v) is 6.24. The quantitative estimate of drug-likeness (QED) is 0.760. The van der Waals surface area contributed by atoms with Gasteiger partial charge in [-0.15, -0.1) is 0 Å². The maximum absolute atomic E-state index is 12.2. The van der Waals surface area contributed by atoms with Crippen molar-refractivity contribution < 1.29 is 14.3 Å². The molecule has 1 aliphatic rings. The molecule has 1 aliphatic heterocycles. The molecule has 2 rings (SSSR count). The first-order valence-electron chi connectivity index (χ1n) is 8.39. The van der Waals surface area contributed by atoms with E-state index in [4.69, 9.17) is 4.74 Å². The highest BCUT2D eigenvalue weighted by Gasteiger charge is 2.13. The van der Waals surface area contributed by atoms with Gasteiger partial charge in [-0.25, -0.2) is 0 Å². The number of hydrogen-bond donors (Lipinski definition) is 2. The van der Waals surface area contributed by atoms with Crippen molar-refractivity contribution >= 4 is 11.8 Å². The first kappa shape index (κ1) is 18.4. The molecule has 132 valence electrons. The van der Waals surface area contributed by atoms with Crippen LogP contribution >= 0.6 is 0 Å². The molecule has 0 bridgehead atoms. The Labute approximate surface area is 142 Å². The molecule has 2 heterocycles. The van der Waals surface area contributed by atoms with E-state index in [-0.39, 0.29) is 17.5 Å². The van der Waals surface area contributed by atoms with Gasteiger partial charge in [-0.3, -0.25) is 19.5 Å². The predicted molar refractivity (Wildman–Crippen MR) is 91.0 cm³/mol. The van der Waals surface area contributed by atoms with Gasteiger partial charge >= 0.3 is 0 Å². The van der Waals surface area contributed by atoms with Crippen LogP contribution in [0.3, 0.4) is 0 Å². The van der Waals surface area contributed by atoms with Gasteiger partial charge in [0.05, 0.1) is 13.2 Å². The second kappa shape index (κ2) is 9.34. The summed E-state index contributed by atoms with van der Waals surface area (Å²) >= 11 is 0. The highest BCUT2D eigenvalue weighted by molar-refractivity contribution is 5.98. The van der Waals surface area contributed by atoms with Crippen molar-refractivity contribution in [2.24, 2.45) is 5.92 Å². The molecule has 1 aromatic rings. The number of pyridine rings is 1. The van der Waals surface area contributed by atoms with E-state index in [1.165, 1.54) is 12.3 Å². The summed E-state index contributed by atoms with van der Waals surface area (Å²) in [5.74, 6) is -0.0872. The molecule has 0 spiro atoms. The number of aromatic nitrogens is 1. The molecule has 0 atom stereocenters. The lowest BCUT2D eigenvalue weighted by Crippen LogP contribution is -2.41. The second-order valence-electron chi connectivity index (χ2n) is 6.24. The number of hydrogen-bond acceptors (Lipinski definition) is 5. The summed E-state index contributed by atoms with van der Waals surface area (Å²) < 4.78 is 5.29. The van der Waals surface area contributed by atoms with Crippen LogP contribution in [0.25, 0.3) is 0 Å². The molecule has 2 amide bonds. The molecular weight excluding hydrogens is 308 g/mol. The summed E-state index contributed by atoms with van der Waals surface area (Å²) in [6.45, 7) is 9.25. The van der Waals surface area contributed by atoms with Crippen LogP contribution in [0.4, 0.5) is 0 Å². The molecule has 1 aromatic heterocycles. The molecular formula is C17H26N4O3. The van der Waals surface area contributed by atoms with Gasteiger partial charge in [0.25, 0.3) is 11.8 Å². The molecule has 1 saturated heterocycles. The van der Waals surface area contributed by atoms with Gasteiger partial charge in [-0.2, -0.15) is 0 Å². The van der Waals surface area contributed by atoms with Crippen LogP contribution in [0.5, 0.6) is 0 Å². The maximum Gasteiger partial charge on any atom is 0.269 e. The van der Waals surface area contributed by atoms with E-state index < -0.39 is 0 Å². The summed E-state index contributed by atoms with van der Waals surface area (Å²) in [5, 5.41) is 5.68. The summed E-state index contributed by atoms with van der Waals surface area (Å²) in [6, 6.07) is 3.14. The Morgan fingerprint density at radius 3 is 2.71 bits per heavy atom. The van der Waals surface area contributed by atoms with Gasteiger partial charge in [0.2, 0.25) is 0 Å². The highest BCUT2D eigenvalue weighted by atomic mass is 16.5. The van der Waals surface area contributed by atoms with E-state index in [1.807, 2.05) is 13.8 Å². The zero-order valence-electron chi connectivity index (χ0n) is 14.4. The monoisotopic (exact) mass is 334 g/mol. The van der Waals surface area contributed by atoms with Crippen LogP contribution in [0.15, 0.2) is 18.3 Å². The zero-order valence-corrected chi connectivity index (χ0v) is 14.4. The molecule has 1 fully saturated rings. The third-order valence-electron chi connectivity index (χ3n) is 3.74. The number of nitrogens with zero attached hydrogens (tertiary/aromatic N) is 2. The zero-order chi connectivity index (χ0) is 17.4. The lowest BCUT2D eigenvalue weighted by atomic mass is 10.2. The lowest BCUT2D eigenvalue weighted by Gasteiger charge is -2.26. The smallest absolute Gasteiger partial charge is 0.269 e. The first-order valence-corrected chi connectivity index (χ1v) is 8.39. The Hall–Kier alpha value is -1.99. The average molecular weight is 334 g/mol. The summed E-state index contributed by atoms with van der Waals surface area (Å²) in [4.78, 5) is 30.5. The van der Waals surface area contributed by atoms with Gasteiger partial charge in [0, 0.05) is 44.5 Å². The van der Waals surface area contributed by atoms with Gasteiger partial charge < -0.3 is 15.4 Å². The number of morpholine rings is 1. The fourth-order valence-electron chi connectivity index (χ4n) is 2.34. The number of rotatable bonds is 7. The topological polar surface area (TPSA) is 83.6 Å². The summed E-state index contributed by atoms with van der Waals surface area (Å²) in [5.41, 5.74) is 0.707. The van der Waals surface area contributed by atoms with Gasteiger partial charge in [0.15, 0.2) is 0 Å². The van der Waals surface area contributed by atoms with Crippen LogP contribution in [-0.2, 0) is 4.74 Å². The molecule has 7 heteroatoms. The third-order valence-corrected chi connectivity index (χ3v) is 3.74. The number of carbonyl (C=O) groups excluding carboxylic acids is 2. The number of carbonyl (C=O) groups is 2. The van der Waals surface area contributed by atoms with E-state index in [1.54, 1.807) is 6.07 Å². The van der Waals surface area contributed by atoms with Crippen LogP contribution < -0.4 is 10.6 Å². The third kappa shape index (κ3) is 5.90. The number of amides is 2. The fraction of sp³-hybridized carbons (Fsp3) is 0.588. The minimum absolute atomic E-state index is 0.191. The Bertz CT molecular complexity index is 557. The SMILES string of the molecule is CC(C)CNC(=O)c1cc(C(=O)NCCN2CCOCC2)ccn1. The Balaban J connectivity index is 1.83. The van der Waals surface area contributed by atoms with Crippen molar-refractivity contribution in [2.75, 3.05) is 45.9 Å². The van der Waals surface area contributed by atoms with Crippen LogP contribution in [0.1, 0.15) is 34.7 Å². The van der Waals surface area contributed by atoms with Crippen molar-refractivity contribution in [1.82, 2.24) is 20.5 Å². The van der Waals surface area contributed by atoms with Gasteiger partial charge in [-0.05, 0) is 18.1 Å². The first-order chi connectivity index (χ1) is 11.6. The van der Waals surface area contributed by atoms with Crippen LogP contribution in [0.2, 0.25) is 0 Å². The molecule has 2 N–H and O–H groups in total. The lowest BCUT2D eigenvalue weighted by molar-refractivity contribution is 0.0383. The van der Waals surface area contributed by atoms with E-state index >= 15 is 0 Å². The molecule has 0 aliphatic carbocycles. The standard InChI is InChI=1S/C17H26N4O3/c1-13(2)12-20-17(23)15-11-14(3-4-18-15)16(22)19-5-6-21-7-9-24-10-8-21/h3-4,11,13H,5-10,12H2,1-2H3,(H,19,22)(H,20,23). The predicted octanol–water partition coefficient (Wildman–Crippen LogP) is 0.529.